The van der Waals surface area contributed by atoms with Gasteiger partial charge in [-0.1, -0.05) is 43.7 Å². The molecule has 0 unspecified atom stereocenters. The second kappa shape index (κ2) is 7.85. The third-order valence-corrected chi connectivity index (χ3v) is 2.73. The number of unbranched alkanes of at least 4 members (excludes halogenated alkanes) is 1. The predicted molar refractivity (Wildman–Crippen MR) is 68.7 cm³/mol. The van der Waals surface area contributed by atoms with Crippen LogP contribution in [0.25, 0.3) is 0 Å². The van der Waals surface area contributed by atoms with Crippen LogP contribution in [0.4, 0.5) is 0 Å². The maximum atomic E-state index is 11.6. The first-order chi connectivity index (χ1) is 8.27. The minimum absolute atomic E-state index is 0.0605. The Labute approximate surface area is 103 Å². The normalized spacial score (nSPS) is 12.1. The van der Waals surface area contributed by atoms with Gasteiger partial charge in [0.1, 0.15) is 0 Å². The molecule has 2 N–H and O–H groups in total. The summed E-state index contributed by atoms with van der Waals surface area (Å²) in [5.74, 6) is -0.0944. The summed E-state index contributed by atoms with van der Waals surface area (Å²) in [6, 6.07) is 9.87. The molecule has 3 heteroatoms. The molecule has 0 aliphatic carbocycles. The van der Waals surface area contributed by atoms with Gasteiger partial charge in [-0.2, -0.15) is 0 Å². The molecule has 0 amide bonds. The Kier molecular flexibility index (Phi) is 6.33. The van der Waals surface area contributed by atoms with E-state index in [9.17, 15) is 4.79 Å². The fraction of sp³-hybridized carbons (Fsp3) is 0.500. The number of benzene rings is 1. The molecule has 0 heterocycles. The second-order valence-electron chi connectivity index (χ2n) is 4.12. The van der Waals surface area contributed by atoms with Crippen LogP contribution in [0.3, 0.4) is 0 Å². The molecule has 1 aromatic rings. The molecule has 0 fully saturated rings. The molecule has 1 aromatic carbocycles. The predicted octanol–water partition coefficient (Wildman–Crippen LogP) is 2.46. The van der Waals surface area contributed by atoms with E-state index in [2.05, 4.69) is 6.92 Å². The summed E-state index contributed by atoms with van der Waals surface area (Å²) in [4.78, 5) is 11.6. The number of ether oxygens (including phenoxy) is 1. The van der Waals surface area contributed by atoms with Crippen molar-refractivity contribution in [2.45, 2.75) is 32.1 Å². The lowest BCUT2D eigenvalue weighted by Gasteiger charge is -2.14. The van der Waals surface area contributed by atoms with Gasteiger partial charge in [-0.25, -0.2) is 0 Å². The van der Waals surface area contributed by atoms with Crippen LogP contribution >= 0.6 is 0 Å². The average molecular weight is 235 g/mol. The first-order valence-electron chi connectivity index (χ1n) is 6.18. The van der Waals surface area contributed by atoms with Crippen molar-refractivity contribution < 1.29 is 9.53 Å². The SMILES string of the molecule is CCCCOC(=O)C[C@@H](CN)c1ccccc1. The molecule has 0 saturated carbocycles. The molecule has 1 rings (SSSR count). The van der Waals surface area contributed by atoms with Gasteiger partial charge in [-0.15, -0.1) is 0 Å². The third kappa shape index (κ3) is 5.00. The van der Waals surface area contributed by atoms with Crippen molar-refractivity contribution in [1.29, 1.82) is 0 Å². The van der Waals surface area contributed by atoms with E-state index in [1.807, 2.05) is 30.3 Å². The van der Waals surface area contributed by atoms with Crippen LogP contribution < -0.4 is 5.73 Å². The molecule has 1 atom stereocenters. The van der Waals surface area contributed by atoms with Gasteiger partial charge in [0, 0.05) is 5.92 Å². The number of nitrogens with two attached hydrogens (primary N) is 1. The number of hydrogen-bond donors (Lipinski definition) is 1. The van der Waals surface area contributed by atoms with E-state index in [1.54, 1.807) is 0 Å². The molecular weight excluding hydrogens is 214 g/mol. The second-order valence-corrected chi connectivity index (χ2v) is 4.12. The lowest BCUT2D eigenvalue weighted by atomic mass is 9.96. The summed E-state index contributed by atoms with van der Waals surface area (Å²) < 4.78 is 5.14. The van der Waals surface area contributed by atoms with Crippen molar-refractivity contribution in [3.05, 3.63) is 35.9 Å². The standard InChI is InChI=1S/C14H21NO2/c1-2-3-9-17-14(16)10-13(11-15)12-7-5-4-6-8-12/h4-8,13H,2-3,9-11,15H2,1H3/t13-/m0/s1. The van der Waals surface area contributed by atoms with Gasteiger partial charge in [0.2, 0.25) is 0 Å². The molecular formula is C14H21NO2. The molecule has 0 radical (unpaired) electrons. The Balaban J connectivity index is 2.44. The van der Waals surface area contributed by atoms with Crippen LogP contribution in [0, 0.1) is 0 Å². The van der Waals surface area contributed by atoms with E-state index in [4.69, 9.17) is 10.5 Å². The highest BCUT2D eigenvalue weighted by molar-refractivity contribution is 5.70. The van der Waals surface area contributed by atoms with Crippen molar-refractivity contribution in [2.24, 2.45) is 5.73 Å². The average Bonchev–Trinajstić information content (AvgIpc) is 2.37. The van der Waals surface area contributed by atoms with Crippen molar-refractivity contribution in [3.63, 3.8) is 0 Å². The van der Waals surface area contributed by atoms with Gasteiger partial charge in [-0.05, 0) is 18.5 Å². The summed E-state index contributed by atoms with van der Waals surface area (Å²) in [5, 5.41) is 0. The zero-order valence-electron chi connectivity index (χ0n) is 10.4. The van der Waals surface area contributed by atoms with Crippen LogP contribution in [0.5, 0.6) is 0 Å². The fourth-order valence-electron chi connectivity index (χ4n) is 1.65. The van der Waals surface area contributed by atoms with Crippen LogP contribution in [0.2, 0.25) is 0 Å². The largest absolute Gasteiger partial charge is 0.466 e. The maximum absolute atomic E-state index is 11.6. The lowest BCUT2D eigenvalue weighted by molar-refractivity contribution is -0.144. The summed E-state index contributed by atoms with van der Waals surface area (Å²) in [6.07, 6.45) is 2.32. The Morgan fingerprint density at radius 1 is 1.35 bits per heavy atom. The molecule has 0 spiro atoms. The first kappa shape index (κ1) is 13.7. The van der Waals surface area contributed by atoms with Gasteiger partial charge >= 0.3 is 5.97 Å². The van der Waals surface area contributed by atoms with Crippen molar-refractivity contribution in [1.82, 2.24) is 0 Å². The summed E-state index contributed by atoms with van der Waals surface area (Å²) >= 11 is 0. The molecule has 0 saturated heterocycles. The van der Waals surface area contributed by atoms with Gasteiger partial charge in [0.05, 0.1) is 13.0 Å². The van der Waals surface area contributed by atoms with Crippen molar-refractivity contribution >= 4 is 5.97 Å². The zero-order chi connectivity index (χ0) is 12.5. The molecule has 3 nitrogen and oxygen atoms in total. The number of hydrogen-bond acceptors (Lipinski definition) is 3. The Morgan fingerprint density at radius 2 is 2.06 bits per heavy atom. The van der Waals surface area contributed by atoms with Crippen molar-refractivity contribution in [2.75, 3.05) is 13.2 Å². The summed E-state index contributed by atoms with van der Waals surface area (Å²) in [5.41, 5.74) is 6.80. The van der Waals surface area contributed by atoms with Gasteiger partial charge in [0.15, 0.2) is 0 Å². The summed E-state index contributed by atoms with van der Waals surface area (Å²) in [6.45, 7) is 3.05. The van der Waals surface area contributed by atoms with E-state index in [0.717, 1.165) is 18.4 Å². The molecule has 94 valence electrons. The first-order valence-corrected chi connectivity index (χ1v) is 6.18. The topological polar surface area (TPSA) is 52.3 Å². The van der Waals surface area contributed by atoms with Gasteiger partial charge < -0.3 is 10.5 Å². The van der Waals surface area contributed by atoms with Gasteiger partial charge in [-0.3, -0.25) is 4.79 Å². The number of rotatable bonds is 7. The Hall–Kier alpha value is -1.35. The molecule has 0 aliphatic heterocycles. The monoisotopic (exact) mass is 235 g/mol. The van der Waals surface area contributed by atoms with Crippen LogP contribution in [0.15, 0.2) is 30.3 Å². The Bertz CT molecular complexity index is 324. The zero-order valence-corrected chi connectivity index (χ0v) is 10.4. The van der Waals surface area contributed by atoms with E-state index >= 15 is 0 Å². The van der Waals surface area contributed by atoms with Crippen molar-refractivity contribution in [3.8, 4) is 0 Å². The summed E-state index contributed by atoms with van der Waals surface area (Å²) in [7, 11) is 0. The molecule has 0 bridgehead atoms. The van der Waals surface area contributed by atoms with Crippen LogP contribution in [-0.4, -0.2) is 19.1 Å². The molecule has 0 aliphatic rings. The fourth-order valence-corrected chi connectivity index (χ4v) is 1.65. The highest BCUT2D eigenvalue weighted by Crippen LogP contribution is 2.18. The van der Waals surface area contributed by atoms with Gasteiger partial charge in [0.25, 0.3) is 0 Å². The molecule has 0 aromatic heterocycles. The van der Waals surface area contributed by atoms with E-state index in [-0.39, 0.29) is 11.9 Å². The number of carbonyl (C=O) groups is 1. The number of carbonyl (C=O) groups excluding carboxylic acids is 1. The Morgan fingerprint density at radius 3 is 2.65 bits per heavy atom. The third-order valence-electron chi connectivity index (χ3n) is 2.73. The minimum atomic E-state index is -0.155. The van der Waals surface area contributed by atoms with Crippen LogP contribution in [0.1, 0.15) is 37.7 Å². The highest BCUT2D eigenvalue weighted by atomic mass is 16.5. The van der Waals surface area contributed by atoms with E-state index in [0.29, 0.717) is 19.6 Å². The quantitative estimate of drug-likeness (QED) is 0.583. The smallest absolute Gasteiger partial charge is 0.306 e. The maximum Gasteiger partial charge on any atom is 0.306 e. The minimum Gasteiger partial charge on any atom is -0.466 e. The van der Waals surface area contributed by atoms with E-state index in [1.165, 1.54) is 0 Å². The highest BCUT2D eigenvalue weighted by Gasteiger charge is 2.15. The van der Waals surface area contributed by atoms with E-state index < -0.39 is 0 Å². The van der Waals surface area contributed by atoms with Crippen LogP contribution in [-0.2, 0) is 9.53 Å². The number of esters is 1. The molecule has 17 heavy (non-hydrogen) atoms. The lowest BCUT2D eigenvalue weighted by Crippen LogP contribution is -2.18.